The van der Waals surface area contributed by atoms with E-state index < -0.39 is 17.5 Å². The molecular formula is C32H41NO5. The van der Waals surface area contributed by atoms with Crippen molar-refractivity contribution in [1.82, 2.24) is 4.90 Å². The zero-order valence-corrected chi connectivity index (χ0v) is 23.2. The fourth-order valence-corrected chi connectivity index (χ4v) is 5.00. The molecule has 0 bridgehead atoms. The Morgan fingerprint density at radius 3 is 2.24 bits per heavy atom. The summed E-state index contributed by atoms with van der Waals surface area (Å²) in [6.07, 6.45) is 8.95. The molecule has 204 valence electrons. The molecule has 3 rings (SSSR count). The van der Waals surface area contributed by atoms with Crippen LogP contribution in [0.2, 0.25) is 0 Å². The van der Waals surface area contributed by atoms with Crippen LogP contribution in [0.5, 0.6) is 0 Å². The van der Waals surface area contributed by atoms with E-state index in [9.17, 15) is 14.4 Å². The number of hydrogen-bond acceptors (Lipinski definition) is 5. The normalized spacial score (nSPS) is 15.2. The first-order chi connectivity index (χ1) is 18.2. The first-order valence-corrected chi connectivity index (χ1v) is 13.7. The fourth-order valence-electron chi connectivity index (χ4n) is 5.00. The van der Waals surface area contributed by atoms with Crippen LogP contribution in [0.3, 0.4) is 0 Å². The first kappa shape index (κ1) is 29.2. The number of benzene rings is 2. The molecular weight excluding hydrogens is 478 g/mol. The molecule has 1 amide bonds. The van der Waals surface area contributed by atoms with Gasteiger partial charge in [-0.2, -0.15) is 0 Å². The standard InChI is InChI=1S/C32H41NO5/c1-5-37-31(36)30(35)33(22-25-12-8-6-9-13-25)23-28(26-14-10-7-11-15-26)27-19-16-24(17-20-27)18-21-29(34)38-32(2,3)4/h6,8-9,12-13,16-21,26,28H,5,7,10-11,14-15,22-23H2,1-4H3. The summed E-state index contributed by atoms with van der Waals surface area (Å²) >= 11 is 0. The van der Waals surface area contributed by atoms with Crippen LogP contribution < -0.4 is 0 Å². The number of amides is 1. The van der Waals surface area contributed by atoms with Crippen molar-refractivity contribution < 1.29 is 23.9 Å². The second kappa shape index (κ2) is 13.9. The molecule has 0 N–H and O–H groups in total. The summed E-state index contributed by atoms with van der Waals surface area (Å²) in [5, 5.41) is 0. The van der Waals surface area contributed by atoms with Crippen LogP contribution in [0.15, 0.2) is 60.7 Å². The topological polar surface area (TPSA) is 72.9 Å². The highest BCUT2D eigenvalue weighted by molar-refractivity contribution is 6.32. The zero-order valence-electron chi connectivity index (χ0n) is 23.2. The molecule has 1 atom stereocenters. The molecule has 2 aromatic rings. The van der Waals surface area contributed by atoms with E-state index in [-0.39, 0.29) is 18.5 Å². The van der Waals surface area contributed by atoms with Gasteiger partial charge in [0.1, 0.15) is 5.60 Å². The van der Waals surface area contributed by atoms with Gasteiger partial charge in [0, 0.05) is 25.1 Å². The van der Waals surface area contributed by atoms with Crippen molar-refractivity contribution in [2.45, 2.75) is 77.9 Å². The lowest BCUT2D eigenvalue weighted by Gasteiger charge is -2.34. The minimum absolute atomic E-state index is 0.0845. The number of carbonyl (C=O) groups excluding carboxylic acids is 3. The number of esters is 2. The van der Waals surface area contributed by atoms with Gasteiger partial charge in [-0.05, 0) is 69.2 Å². The van der Waals surface area contributed by atoms with Crippen molar-refractivity contribution >= 4 is 23.9 Å². The maximum Gasteiger partial charge on any atom is 0.397 e. The number of nitrogens with zero attached hydrogens (tertiary/aromatic N) is 1. The van der Waals surface area contributed by atoms with Crippen LogP contribution in [-0.2, 0) is 30.4 Å². The van der Waals surface area contributed by atoms with Gasteiger partial charge < -0.3 is 14.4 Å². The lowest BCUT2D eigenvalue weighted by atomic mass is 9.76. The Balaban J connectivity index is 1.85. The Kier molecular flexibility index (Phi) is 10.7. The second-order valence-electron chi connectivity index (χ2n) is 10.9. The zero-order chi connectivity index (χ0) is 27.5. The Morgan fingerprint density at radius 1 is 0.974 bits per heavy atom. The third kappa shape index (κ3) is 9.16. The van der Waals surface area contributed by atoms with Gasteiger partial charge >= 0.3 is 17.8 Å². The molecule has 2 aromatic carbocycles. The first-order valence-electron chi connectivity index (χ1n) is 13.7. The molecule has 1 fully saturated rings. The SMILES string of the molecule is CCOC(=O)C(=O)N(Cc1ccccc1)CC(c1ccc(C=CC(=O)OC(C)(C)C)cc1)C1CCCCC1. The molecule has 1 unspecified atom stereocenters. The molecule has 1 aliphatic rings. The van der Waals surface area contributed by atoms with Crippen molar-refractivity contribution in [1.29, 1.82) is 0 Å². The molecule has 1 saturated carbocycles. The predicted molar refractivity (Wildman–Crippen MR) is 149 cm³/mol. The Hall–Kier alpha value is -3.41. The van der Waals surface area contributed by atoms with E-state index in [0.29, 0.717) is 19.0 Å². The van der Waals surface area contributed by atoms with Crippen LogP contribution in [0, 0.1) is 5.92 Å². The van der Waals surface area contributed by atoms with Gasteiger partial charge in [0.2, 0.25) is 0 Å². The minimum Gasteiger partial charge on any atom is -0.459 e. The number of ether oxygens (including phenoxy) is 2. The maximum atomic E-state index is 13.2. The monoisotopic (exact) mass is 519 g/mol. The van der Waals surface area contributed by atoms with Gasteiger partial charge in [-0.25, -0.2) is 9.59 Å². The minimum atomic E-state index is -0.812. The van der Waals surface area contributed by atoms with E-state index in [4.69, 9.17) is 9.47 Å². The van der Waals surface area contributed by atoms with Crippen molar-refractivity contribution in [3.8, 4) is 0 Å². The Morgan fingerprint density at radius 2 is 1.63 bits per heavy atom. The summed E-state index contributed by atoms with van der Waals surface area (Å²) in [4.78, 5) is 39.4. The fraction of sp³-hybridized carbons (Fsp3) is 0.469. The van der Waals surface area contributed by atoms with E-state index in [0.717, 1.165) is 29.5 Å². The van der Waals surface area contributed by atoms with Crippen LogP contribution in [0.25, 0.3) is 6.08 Å². The summed E-state index contributed by atoms with van der Waals surface area (Å²) < 4.78 is 10.4. The summed E-state index contributed by atoms with van der Waals surface area (Å²) in [6, 6.07) is 17.9. The lowest BCUT2D eigenvalue weighted by molar-refractivity contribution is -0.160. The molecule has 0 aliphatic heterocycles. The molecule has 0 heterocycles. The van der Waals surface area contributed by atoms with Crippen molar-refractivity contribution in [3.05, 3.63) is 77.4 Å². The van der Waals surface area contributed by atoms with Crippen LogP contribution in [0.4, 0.5) is 0 Å². The second-order valence-corrected chi connectivity index (χ2v) is 10.9. The van der Waals surface area contributed by atoms with Gasteiger partial charge in [-0.15, -0.1) is 0 Å². The average Bonchev–Trinajstić information content (AvgIpc) is 2.90. The maximum absolute atomic E-state index is 13.2. The Labute approximate surface area is 227 Å². The van der Waals surface area contributed by atoms with E-state index in [1.165, 1.54) is 25.3 Å². The highest BCUT2D eigenvalue weighted by atomic mass is 16.6. The number of carbonyl (C=O) groups is 3. The van der Waals surface area contributed by atoms with Crippen molar-refractivity contribution in [2.75, 3.05) is 13.2 Å². The molecule has 0 spiro atoms. The summed E-state index contributed by atoms with van der Waals surface area (Å²) in [6.45, 7) is 8.17. The highest BCUT2D eigenvalue weighted by Crippen LogP contribution is 2.37. The van der Waals surface area contributed by atoms with Gasteiger partial charge in [0.05, 0.1) is 6.61 Å². The molecule has 6 heteroatoms. The average molecular weight is 520 g/mol. The van der Waals surface area contributed by atoms with E-state index in [1.807, 2.05) is 63.2 Å². The lowest BCUT2D eigenvalue weighted by Crippen LogP contribution is -2.41. The third-order valence-electron chi connectivity index (χ3n) is 6.77. The van der Waals surface area contributed by atoms with E-state index in [2.05, 4.69) is 12.1 Å². The van der Waals surface area contributed by atoms with E-state index in [1.54, 1.807) is 17.9 Å². The van der Waals surface area contributed by atoms with Crippen LogP contribution in [-0.4, -0.2) is 41.5 Å². The van der Waals surface area contributed by atoms with Crippen LogP contribution in [0.1, 0.15) is 82.4 Å². The third-order valence-corrected chi connectivity index (χ3v) is 6.77. The molecule has 6 nitrogen and oxygen atoms in total. The van der Waals surface area contributed by atoms with Crippen molar-refractivity contribution in [3.63, 3.8) is 0 Å². The largest absolute Gasteiger partial charge is 0.459 e. The smallest absolute Gasteiger partial charge is 0.397 e. The number of hydrogen-bond donors (Lipinski definition) is 0. The van der Waals surface area contributed by atoms with Crippen LogP contribution >= 0.6 is 0 Å². The summed E-state index contributed by atoms with van der Waals surface area (Å²) in [7, 11) is 0. The highest BCUT2D eigenvalue weighted by Gasteiger charge is 2.31. The van der Waals surface area contributed by atoms with Gasteiger partial charge in [0.15, 0.2) is 0 Å². The predicted octanol–water partition coefficient (Wildman–Crippen LogP) is 6.30. The number of rotatable bonds is 9. The van der Waals surface area contributed by atoms with Gasteiger partial charge in [0.25, 0.3) is 0 Å². The quantitative estimate of drug-likeness (QED) is 0.221. The molecule has 0 radical (unpaired) electrons. The van der Waals surface area contributed by atoms with Gasteiger partial charge in [-0.1, -0.05) is 73.9 Å². The van der Waals surface area contributed by atoms with Gasteiger partial charge in [-0.3, -0.25) is 4.79 Å². The summed E-state index contributed by atoms with van der Waals surface area (Å²) in [5.74, 6) is -1.29. The molecule has 1 aliphatic carbocycles. The molecule has 0 saturated heterocycles. The van der Waals surface area contributed by atoms with Crippen molar-refractivity contribution in [2.24, 2.45) is 5.92 Å². The van der Waals surface area contributed by atoms with E-state index >= 15 is 0 Å². The molecule has 38 heavy (non-hydrogen) atoms. The Bertz CT molecular complexity index is 1080. The molecule has 0 aromatic heterocycles. The summed E-state index contributed by atoms with van der Waals surface area (Å²) in [5.41, 5.74) is 2.45.